The molecule has 0 atom stereocenters. The van der Waals surface area contributed by atoms with Crippen LogP contribution in [0.5, 0.6) is 0 Å². The van der Waals surface area contributed by atoms with Crippen molar-refractivity contribution in [2.45, 2.75) is 33.1 Å². The van der Waals surface area contributed by atoms with E-state index in [9.17, 15) is 18.0 Å². The second kappa shape index (κ2) is 7.93. The number of amides is 2. The molecule has 8 heteroatoms. The van der Waals surface area contributed by atoms with Crippen molar-refractivity contribution >= 4 is 44.8 Å². The van der Waals surface area contributed by atoms with Crippen molar-refractivity contribution in [2.24, 2.45) is 0 Å². The molecule has 0 saturated carbocycles. The van der Waals surface area contributed by atoms with Crippen molar-refractivity contribution in [1.29, 1.82) is 0 Å². The van der Waals surface area contributed by atoms with Gasteiger partial charge in [0.25, 0.3) is 5.91 Å². The number of rotatable bonds is 5. The van der Waals surface area contributed by atoms with Crippen LogP contribution in [0, 0.1) is 0 Å². The largest absolute Gasteiger partial charge is 0.321 e. The van der Waals surface area contributed by atoms with Gasteiger partial charge in [0.15, 0.2) is 0 Å². The van der Waals surface area contributed by atoms with E-state index in [1.165, 1.54) is 18.2 Å². The van der Waals surface area contributed by atoms with Crippen LogP contribution >= 0.6 is 11.6 Å². The summed E-state index contributed by atoms with van der Waals surface area (Å²) in [6.07, 6.45) is 1.48. The van der Waals surface area contributed by atoms with Gasteiger partial charge >= 0.3 is 0 Å². The highest BCUT2D eigenvalue weighted by atomic mass is 35.5. The van der Waals surface area contributed by atoms with Gasteiger partial charge in [-0.2, -0.15) is 0 Å². The molecule has 2 amide bonds. The number of hydrogen-bond acceptors (Lipinski definition) is 4. The van der Waals surface area contributed by atoms with E-state index in [1.54, 1.807) is 0 Å². The molecular formula is C20H21ClN2O4S. The third-order valence-corrected chi connectivity index (χ3v) is 6.75. The monoisotopic (exact) mass is 420 g/mol. The quantitative estimate of drug-likeness (QED) is 0.797. The highest BCUT2D eigenvalue weighted by molar-refractivity contribution is 7.94. The number of sulfonamides is 1. The van der Waals surface area contributed by atoms with Crippen LogP contribution in [0.2, 0.25) is 5.02 Å². The van der Waals surface area contributed by atoms with E-state index in [4.69, 9.17) is 11.6 Å². The lowest BCUT2D eigenvalue weighted by Crippen LogP contribution is -2.29. The zero-order valence-corrected chi connectivity index (χ0v) is 17.2. The first-order chi connectivity index (χ1) is 13.3. The first kappa shape index (κ1) is 20.4. The van der Waals surface area contributed by atoms with E-state index < -0.39 is 15.9 Å². The maximum Gasteiger partial charge on any atom is 0.257 e. The molecule has 1 saturated heterocycles. The standard InChI is InChI=1S/C20H21ClN2O4S/c1-3-13-6-5-7-14(4-2)19(13)22-20(25)16-9-8-15(12-17(16)21)23-18(24)10-11-28(23,26)27/h5-9,12H,3-4,10-11H2,1-2H3,(H,22,25). The van der Waals surface area contributed by atoms with Gasteiger partial charge in [-0.3, -0.25) is 9.59 Å². The molecular weight excluding hydrogens is 400 g/mol. The molecule has 1 N–H and O–H groups in total. The molecule has 3 rings (SSSR count). The normalized spacial score (nSPS) is 15.7. The minimum Gasteiger partial charge on any atom is -0.321 e. The molecule has 0 spiro atoms. The van der Waals surface area contributed by atoms with E-state index in [2.05, 4.69) is 5.32 Å². The molecule has 6 nitrogen and oxygen atoms in total. The molecule has 1 heterocycles. The molecule has 1 fully saturated rings. The molecule has 2 aromatic carbocycles. The number of carbonyl (C=O) groups excluding carboxylic acids is 2. The first-order valence-corrected chi connectivity index (χ1v) is 11.0. The zero-order valence-electron chi connectivity index (χ0n) is 15.7. The number of nitrogens with one attached hydrogen (secondary N) is 1. The molecule has 148 valence electrons. The molecule has 1 aliphatic heterocycles. The minimum atomic E-state index is -3.68. The molecule has 2 aromatic rings. The third kappa shape index (κ3) is 3.77. The molecule has 1 aliphatic rings. The van der Waals surface area contributed by atoms with Crippen LogP contribution in [0.15, 0.2) is 36.4 Å². The number of benzene rings is 2. The first-order valence-electron chi connectivity index (χ1n) is 9.06. The Morgan fingerprint density at radius 2 is 1.79 bits per heavy atom. The van der Waals surface area contributed by atoms with Crippen molar-refractivity contribution in [3.63, 3.8) is 0 Å². The fourth-order valence-corrected chi connectivity index (χ4v) is 4.98. The molecule has 0 aromatic heterocycles. The second-order valence-electron chi connectivity index (χ2n) is 6.50. The average molecular weight is 421 g/mol. The number of anilines is 2. The van der Waals surface area contributed by atoms with Gasteiger partial charge in [-0.05, 0) is 42.2 Å². The van der Waals surface area contributed by atoms with Crippen LogP contribution in [0.4, 0.5) is 11.4 Å². The Kier molecular flexibility index (Phi) is 5.76. The van der Waals surface area contributed by atoms with Gasteiger partial charge in [-0.25, -0.2) is 12.7 Å². The SMILES string of the molecule is CCc1cccc(CC)c1NC(=O)c1ccc(N2C(=O)CCS2(=O)=O)cc1Cl. The van der Waals surface area contributed by atoms with E-state index in [0.29, 0.717) is 0 Å². The van der Waals surface area contributed by atoms with Crippen molar-refractivity contribution in [3.8, 4) is 0 Å². The fourth-order valence-electron chi connectivity index (χ4n) is 3.27. The van der Waals surface area contributed by atoms with E-state index in [1.807, 2.05) is 32.0 Å². The lowest BCUT2D eigenvalue weighted by molar-refractivity contribution is -0.116. The summed E-state index contributed by atoms with van der Waals surface area (Å²) >= 11 is 6.26. The van der Waals surface area contributed by atoms with Gasteiger partial charge in [-0.15, -0.1) is 0 Å². The summed E-state index contributed by atoms with van der Waals surface area (Å²) in [7, 11) is -3.68. The van der Waals surface area contributed by atoms with Crippen LogP contribution in [0.1, 0.15) is 41.8 Å². The van der Waals surface area contributed by atoms with Crippen LogP contribution < -0.4 is 9.62 Å². The predicted octanol–water partition coefficient (Wildman–Crippen LogP) is 3.78. The summed E-state index contributed by atoms with van der Waals surface area (Å²) < 4.78 is 24.9. The maximum atomic E-state index is 12.8. The smallest absolute Gasteiger partial charge is 0.257 e. The second-order valence-corrected chi connectivity index (χ2v) is 8.85. The Labute approximate surface area is 169 Å². The average Bonchev–Trinajstić information content (AvgIpc) is 2.94. The van der Waals surface area contributed by atoms with E-state index in [0.717, 1.165) is 34.0 Å². The van der Waals surface area contributed by atoms with Crippen molar-refractivity contribution in [3.05, 3.63) is 58.1 Å². The van der Waals surface area contributed by atoms with Gasteiger partial charge in [-0.1, -0.05) is 43.6 Å². The van der Waals surface area contributed by atoms with Gasteiger partial charge < -0.3 is 5.32 Å². The zero-order chi connectivity index (χ0) is 20.5. The molecule has 0 aliphatic carbocycles. The summed E-state index contributed by atoms with van der Waals surface area (Å²) in [4.78, 5) is 24.7. The Morgan fingerprint density at radius 1 is 1.14 bits per heavy atom. The Balaban J connectivity index is 1.92. The molecule has 28 heavy (non-hydrogen) atoms. The number of aryl methyl sites for hydroxylation is 2. The number of para-hydroxylation sites is 1. The Hall–Kier alpha value is -2.38. The molecule has 0 bridgehead atoms. The topological polar surface area (TPSA) is 83.6 Å². The van der Waals surface area contributed by atoms with E-state index >= 15 is 0 Å². The van der Waals surface area contributed by atoms with Crippen LogP contribution in [0.3, 0.4) is 0 Å². The summed E-state index contributed by atoms with van der Waals surface area (Å²) in [5.41, 5.74) is 3.17. The van der Waals surface area contributed by atoms with Crippen molar-refractivity contribution < 1.29 is 18.0 Å². The maximum absolute atomic E-state index is 12.8. The minimum absolute atomic E-state index is 0.0597. The number of hydrogen-bond donors (Lipinski definition) is 1. The van der Waals surface area contributed by atoms with Crippen LogP contribution in [0.25, 0.3) is 0 Å². The highest BCUT2D eigenvalue weighted by Crippen LogP contribution is 2.30. The van der Waals surface area contributed by atoms with Crippen molar-refractivity contribution in [1.82, 2.24) is 0 Å². The van der Waals surface area contributed by atoms with Gasteiger partial charge in [0.1, 0.15) is 0 Å². The number of halogens is 1. The Bertz CT molecular complexity index is 1030. The third-order valence-electron chi connectivity index (χ3n) is 4.75. The summed E-state index contributed by atoms with van der Waals surface area (Å²) in [5.74, 6) is -1.11. The van der Waals surface area contributed by atoms with Gasteiger partial charge in [0.05, 0.1) is 22.0 Å². The van der Waals surface area contributed by atoms with Crippen LogP contribution in [-0.4, -0.2) is 26.0 Å². The number of nitrogens with zero attached hydrogens (tertiary/aromatic N) is 1. The molecule has 0 unspecified atom stereocenters. The summed E-state index contributed by atoms with van der Waals surface area (Å²) in [5, 5.41) is 3.01. The lowest BCUT2D eigenvalue weighted by Gasteiger charge is -2.17. The Morgan fingerprint density at radius 3 is 2.29 bits per heavy atom. The van der Waals surface area contributed by atoms with Crippen molar-refractivity contribution in [2.75, 3.05) is 15.4 Å². The molecule has 0 radical (unpaired) electrons. The summed E-state index contributed by atoms with van der Waals surface area (Å²) in [6.45, 7) is 4.03. The van der Waals surface area contributed by atoms with E-state index in [-0.39, 0.29) is 34.4 Å². The van der Waals surface area contributed by atoms with Crippen LogP contribution in [-0.2, 0) is 27.7 Å². The van der Waals surface area contributed by atoms with Gasteiger partial charge in [0.2, 0.25) is 15.9 Å². The number of carbonyl (C=O) groups is 2. The lowest BCUT2D eigenvalue weighted by atomic mass is 10.0. The summed E-state index contributed by atoms with van der Waals surface area (Å²) in [6, 6.07) is 10.1. The highest BCUT2D eigenvalue weighted by Gasteiger charge is 2.36. The predicted molar refractivity (Wildman–Crippen MR) is 110 cm³/mol. The fraction of sp³-hybridized carbons (Fsp3) is 0.300. The van der Waals surface area contributed by atoms with Gasteiger partial charge in [0, 0.05) is 12.1 Å².